The highest BCUT2D eigenvalue weighted by molar-refractivity contribution is 4.83. The molecule has 148 valence electrons. The molecule has 2 saturated carbocycles. The molecule has 1 aromatic heterocycles. The molecule has 0 atom stereocenters. The van der Waals surface area contributed by atoms with Crippen LogP contribution in [0.3, 0.4) is 0 Å². The van der Waals surface area contributed by atoms with Crippen LogP contribution in [0.15, 0.2) is 18.7 Å². The van der Waals surface area contributed by atoms with Gasteiger partial charge >= 0.3 is 0 Å². The highest BCUT2D eigenvalue weighted by Gasteiger charge is 2.32. The Morgan fingerprint density at radius 3 is 1.81 bits per heavy atom. The molecule has 0 saturated heterocycles. The molecule has 2 aliphatic rings. The normalized spacial score (nSPS) is 31.2. The zero-order valence-corrected chi connectivity index (χ0v) is 18.3. The van der Waals surface area contributed by atoms with Crippen molar-refractivity contribution in [3.05, 3.63) is 18.7 Å². The molecule has 26 heavy (non-hydrogen) atoms. The molecule has 2 aliphatic carbocycles. The van der Waals surface area contributed by atoms with E-state index in [0.717, 1.165) is 23.8 Å². The van der Waals surface area contributed by atoms with E-state index in [-0.39, 0.29) is 5.54 Å². The Balaban J connectivity index is 1.44. The fourth-order valence-corrected chi connectivity index (χ4v) is 5.40. The lowest BCUT2D eigenvalue weighted by molar-refractivity contribution is -0.725. The van der Waals surface area contributed by atoms with Crippen molar-refractivity contribution in [1.82, 2.24) is 4.57 Å². The summed E-state index contributed by atoms with van der Waals surface area (Å²) in [5.74, 6) is 2.97. The summed E-state index contributed by atoms with van der Waals surface area (Å²) in [5, 5.41) is 0. The zero-order chi connectivity index (χ0) is 18.9. The van der Waals surface area contributed by atoms with Crippen molar-refractivity contribution in [2.24, 2.45) is 23.2 Å². The van der Waals surface area contributed by atoms with Crippen LogP contribution in [-0.2, 0) is 5.54 Å². The van der Waals surface area contributed by atoms with Gasteiger partial charge in [0.2, 0.25) is 6.33 Å². The van der Waals surface area contributed by atoms with Crippen LogP contribution in [0.2, 0.25) is 0 Å². The zero-order valence-electron chi connectivity index (χ0n) is 18.3. The fourth-order valence-electron chi connectivity index (χ4n) is 5.40. The van der Waals surface area contributed by atoms with Gasteiger partial charge in [0.05, 0.1) is 0 Å². The minimum absolute atomic E-state index is 0.189. The largest absolute Gasteiger partial charge is 0.244 e. The van der Waals surface area contributed by atoms with E-state index in [2.05, 4.69) is 69.4 Å². The SMILES string of the molecule is CC(C)(C)C1CCC(CC2CCC([n+]3ccn(C(C)(C)C)c3)CC2)CC1. The van der Waals surface area contributed by atoms with Crippen molar-refractivity contribution in [1.29, 1.82) is 0 Å². The van der Waals surface area contributed by atoms with Crippen LogP contribution in [0.4, 0.5) is 0 Å². The summed E-state index contributed by atoms with van der Waals surface area (Å²) in [6.45, 7) is 14.1. The van der Waals surface area contributed by atoms with Crippen LogP contribution in [-0.4, -0.2) is 4.57 Å². The first-order valence-corrected chi connectivity index (χ1v) is 11.2. The summed E-state index contributed by atoms with van der Waals surface area (Å²) in [6, 6.07) is 0.728. The second kappa shape index (κ2) is 7.68. The quantitative estimate of drug-likeness (QED) is 0.544. The van der Waals surface area contributed by atoms with Gasteiger partial charge in [0.25, 0.3) is 0 Å². The molecule has 2 heteroatoms. The molecule has 1 aromatic rings. The maximum Gasteiger partial charge on any atom is 0.244 e. The smallest absolute Gasteiger partial charge is 0.234 e. The highest BCUT2D eigenvalue weighted by Crippen LogP contribution is 2.43. The van der Waals surface area contributed by atoms with Gasteiger partial charge in [-0.25, -0.2) is 9.13 Å². The Kier molecular flexibility index (Phi) is 5.89. The lowest BCUT2D eigenvalue weighted by Gasteiger charge is -2.38. The molecular formula is C24H43N2+. The summed E-state index contributed by atoms with van der Waals surface area (Å²) in [6.07, 6.45) is 20.0. The van der Waals surface area contributed by atoms with Crippen LogP contribution < -0.4 is 4.57 Å². The number of hydrogen-bond acceptors (Lipinski definition) is 0. The van der Waals surface area contributed by atoms with E-state index in [9.17, 15) is 0 Å². The maximum absolute atomic E-state index is 2.48. The van der Waals surface area contributed by atoms with Gasteiger partial charge in [0.1, 0.15) is 24.0 Å². The second-order valence-corrected chi connectivity index (χ2v) is 11.4. The predicted molar refractivity (Wildman–Crippen MR) is 110 cm³/mol. The summed E-state index contributed by atoms with van der Waals surface area (Å²) in [7, 11) is 0. The monoisotopic (exact) mass is 359 g/mol. The molecule has 3 rings (SSSR count). The van der Waals surface area contributed by atoms with E-state index in [1.54, 1.807) is 0 Å². The van der Waals surface area contributed by atoms with Crippen molar-refractivity contribution in [3.8, 4) is 0 Å². The Morgan fingerprint density at radius 1 is 0.808 bits per heavy atom. The van der Waals surface area contributed by atoms with Gasteiger partial charge in [-0.2, -0.15) is 0 Å². The Labute approximate surface area is 162 Å². The van der Waals surface area contributed by atoms with Gasteiger partial charge in [-0.05, 0) is 88.9 Å². The second-order valence-electron chi connectivity index (χ2n) is 11.4. The van der Waals surface area contributed by atoms with E-state index in [0.29, 0.717) is 5.41 Å². The van der Waals surface area contributed by atoms with Gasteiger partial charge in [0.15, 0.2) is 0 Å². The topological polar surface area (TPSA) is 8.81 Å². The van der Waals surface area contributed by atoms with E-state index in [1.807, 2.05) is 0 Å². The Bertz CT molecular complexity index is 556. The Morgan fingerprint density at radius 2 is 1.35 bits per heavy atom. The van der Waals surface area contributed by atoms with Gasteiger partial charge in [-0.1, -0.05) is 33.6 Å². The van der Waals surface area contributed by atoms with Crippen LogP contribution in [0.5, 0.6) is 0 Å². The summed E-state index contributed by atoms with van der Waals surface area (Å²) >= 11 is 0. The minimum Gasteiger partial charge on any atom is -0.234 e. The predicted octanol–water partition coefficient (Wildman–Crippen LogP) is 6.50. The van der Waals surface area contributed by atoms with Crippen molar-refractivity contribution in [2.45, 2.75) is 111 Å². The third kappa shape index (κ3) is 4.93. The molecule has 0 spiro atoms. The fraction of sp³-hybridized carbons (Fsp3) is 0.875. The number of hydrogen-bond donors (Lipinski definition) is 0. The molecule has 1 heterocycles. The summed E-state index contributed by atoms with van der Waals surface area (Å²) in [5.41, 5.74) is 0.706. The van der Waals surface area contributed by atoms with Gasteiger partial charge in [-0.15, -0.1) is 0 Å². The van der Waals surface area contributed by atoms with E-state index < -0.39 is 0 Å². The molecule has 0 bridgehead atoms. The van der Waals surface area contributed by atoms with Crippen LogP contribution in [0.1, 0.15) is 105 Å². The average molecular weight is 360 g/mol. The molecule has 0 aromatic carbocycles. The molecule has 2 nitrogen and oxygen atoms in total. The van der Waals surface area contributed by atoms with Crippen molar-refractivity contribution in [2.75, 3.05) is 0 Å². The Hall–Kier alpha value is -0.790. The van der Waals surface area contributed by atoms with Gasteiger partial charge < -0.3 is 0 Å². The lowest BCUT2D eigenvalue weighted by Crippen LogP contribution is -2.40. The van der Waals surface area contributed by atoms with E-state index >= 15 is 0 Å². The number of aromatic nitrogens is 2. The maximum atomic E-state index is 2.48. The van der Waals surface area contributed by atoms with Crippen LogP contribution >= 0.6 is 0 Å². The molecule has 0 unspecified atom stereocenters. The third-order valence-electron chi connectivity index (χ3n) is 7.41. The molecule has 0 amide bonds. The lowest BCUT2D eigenvalue weighted by atomic mass is 9.67. The molecule has 2 fully saturated rings. The molecule has 0 N–H and O–H groups in total. The third-order valence-corrected chi connectivity index (χ3v) is 7.41. The van der Waals surface area contributed by atoms with E-state index in [1.165, 1.54) is 57.8 Å². The standard InChI is InChI=1S/C24H43N2/c1-23(2,3)21-11-7-19(8-12-21)17-20-9-13-22(14-10-20)25-15-16-26(18-25)24(4,5)6/h15-16,18-22H,7-14,17H2,1-6H3/q+1. The van der Waals surface area contributed by atoms with Crippen molar-refractivity contribution >= 4 is 0 Å². The molecular weight excluding hydrogens is 316 g/mol. The van der Waals surface area contributed by atoms with Crippen LogP contribution in [0.25, 0.3) is 0 Å². The molecule has 0 radical (unpaired) electrons. The minimum atomic E-state index is 0.189. The first-order chi connectivity index (χ1) is 12.1. The first kappa shape index (κ1) is 20.0. The van der Waals surface area contributed by atoms with Crippen molar-refractivity contribution in [3.63, 3.8) is 0 Å². The number of rotatable bonds is 3. The number of imidazole rings is 1. The summed E-state index contributed by atoms with van der Waals surface area (Å²) in [4.78, 5) is 0. The van der Waals surface area contributed by atoms with E-state index in [4.69, 9.17) is 0 Å². The van der Waals surface area contributed by atoms with Gasteiger partial charge in [0, 0.05) is 0 Å². The average Bonchev–Trinajstić information content (AvgIpc) is 3.05. The molecule has 0 aliphatic heterocycles. The first-order valence-electron chi connectivity index (χ1n) is 11.2. The number of nitrogens with zero attached hydrogens (tertiary/aromatic N) is 2. The highest BCUT2D eigenvalue weighted by atomic mass is 15.2. The summed E-state index contributed by atoms with van der Waals surface area (Å²) < 4.78 is 4.84. The van der Waals surface area contributed by atoms with Crippen LogP contribution in [0, 0.1) is 23.2 Å². The van der Waals surface area contributed by atoms with Gasteiger partial charge in [-0.3, -0.25) is 0 Å². The van der Waals surface area contributed by atoms with Crippen molar-refractivity contribution < 1.29 is 4.57 Å².